The van der Waals surface area contributed by atoms with Crippen molar-refractivity contribution in [3.05, 3.63) is 41.0 Å². The number of halogens is 1. The molecular formula is C22H34IN5O3. The summed E-state index contributed by atoms with van der Waals surface area (Å²) < 4.78 is 16.9. The summed E-state index contributed by atoms with van der Waals surface area (Å²) in [6, 6.07) is 6.28. The predicted octanol–water partition coefficient (Wildman–Crippen LogP) is 3.58. The van der Waals surface area contributed by atoms with Crippen LogP contribution in [-0.4, -0.2) is 49.0 Å². The third-order valence-electron chi connectivity index (χ3n) is 4.93. The summed E-state index contributed by atoms with van der Waals surface area (Å²) in [5.74, 6) is 3.38. The van der Waals surface area contributed by atoms with Gasteiger partial charge in [0.15, 0.2) is 11.8 Å². The molecule has 2 heterocycles. The lowest BCUT2D eigenvalue weighted by Gasteiger charge is -2.18. The molecule has 1 aliphatic heterocycles. The normalized spacial score (nSPS) is 16.3. The molecule has 0 spiro atoms. The Morgan fingerprint density at radius 2 is 2.16 bits per heavy atom. The highest BCUT2D eigenvalue weighted by Gasteiger charge is 2.19. The van der Waals surface area contributed by atoms with E-state index in [0.29, 0.717) is 19.0 Å². The molecule has 1 saturated heterocycles. The Hall–Kier alpha value is -1.88. The molecule has 0 amide bonds. The summed E-state index contributed by atoms with van der Waals surface area (Å²) in [7, 11) is 1.77. The summed E-state index contributed by atoms with van der Waals surface area (Å²) in [6.45, 7) is 8.99. The van der Waals surface area contributed by atoms with Crippen molar-refractivity contribution in [2.75, 3.05) is 26.8 Å². The van der Waals surface area contributed by atoms with Crippen molar-refractivity contribution in [1.29, 1.82) is 0 Å². The van der Waals surface area contributed by atoms with Crippen molar-refractivity contribution < 1.29 is 14.0 Å². The number of rotatable bonds is 9. The Labute approximate surface area is 201 Å². The van der Waals surface area contributed by atoms with E-state index in [9.17, 15) is 0 Å². The van der Waals surface area contributed by atoms with Crippen LogP contribution in [0, 0.1) is 6.92 Å². The molecule has 172 valence electrons. The van der Waals surface area contributed by atoms with E-state index in [1.54, 1.807) is 7.05 Å². The van der Waals surface area contributed by atoms with E-state index in [0.717, 1.165) is 55.5 Å². The van der Waals surface area contributed by atoms with E-state index in [1.165, 1.54) is 5.56 Å². The van der Waals surface area contributed by atoms with Crippen molar-refractivity contribution in [2.24, 2.45) is 4.99 Å². The molecule has 0 saturated carbocycles. The van der Waals surface area contributed by atoms with Crippen LogP contribution in [0.4, 0.5) is 0 Å². The Morgan fingerprint density at radius 3 is 2.84 bits per heavy atom. The fraction of sp³-hybridized carbons (Fsp3) is 0.591. The second-order valence-electron chi connectivity index (χ2n) is 7.87. The molecule has 0 aliphatic carbocycles. The molecule has 2 N–H and O–H groups in total. The minimum atomic E-state index is 0. The molecule has 8 nitrogen and oxygen atoms in total. The van der Waals surface area contributed by atoms with Gasteiger partial charge in [-0.3, -0.25) is 4.99 Å². The zero-order valence-electron chi connectivity index (χ0n) is 18.8. The number of ether oxygens (including phenoxy) is 2. The van der Waals surface area contributed by atoms with Gasteiger partial charge in [0.05, 0.1) is 13.2 Å². The first kappa shape index (κ1) is 25.4. The lowest BCUT2D eigenvalue weighted by atomic mass is 10.1. The van der Waals surface area contributed by atoms with E-state index >= 15 is 0 Å². The number of nitrogens with one attached hydrogen (secondary N) is 2. The maximum absolute atomic E-state index is 6.17. The average molecular weight is 543 g/mol. The smallest absolute Gasteiger partial charge is 0.226 e. The molecule has 1 atom stereocenters. The maximum Gasteiger partial charge on any atom is 0.226 e. The van der Waals surface area contributed by atoms with E-state index in [2.05, 4.69) is 64.7 Å². The minimum Gasteiger partial charge on any atom is -0.488 e. The topological polar surface area (TPSA) is 93.8 Å². The minimum absolute atomic E-state index is 0. The summed E-state index contributed by atoms with van der Waals surface area (Å²) >= 11 is 0. The summed E-state index contributed by atoms with van der Waals surface area (Å²) in [5, 5.41) is 10.7. The van der Waals surface area contributed by atoms with Crippen LogP contribution in [0.1, 0.15) is 55.4 Å². The van der Waals surface area contributed by atoms with Crippen molar-refractivity contribution in [3.8, 4) is 5.75 Å². The second-order valence-corrected chi connectivity index (χ2v) is 7.87. The van der Waals surface area contributed by atoms with Crippen molar-refractivity contribution in [1.82, 2.24) is 20.8 Å². The Kier molecular flexibility index (Phi) is 10.5. The molecule has 3 rings (SSSR count). The van der Waals surface area contributed by atoms with E-state index in [-0.39, 0.29) is 36.0 Å². The van der Waals surface area contributed by atoms with E-state index in [4.69, 9.17) is 14.0 Å². The molecule has 1 unspecified atom stereocenters. The SMILES string of the molecule is CN=C(NCCCc1nc(C(C)C)no1)NCc1ccc(C)cc1OC1CCOC1.I. The Balaban J connectivity index is 0.00000341. The molecule has 2 aromatic rings. The van der Waals surface area contributed by atoms with Gasteiger partial charge in [0, 0.05) is 44.5 Å². The zero-order valence-corrected chi connectivity index (χ0v) is 21.1. The van der Waals surface area contributed by atoms with Crippen LogP contribution >= 0.6 is 24.0 Å². The molecular weight excluding hydrogens is 509 g/mol. The third kappa shape index (κ3) is 7.95. The number of aryl methyl sites for hydroxylation is 2. The number of benzene rings is 1. The molecule has 1 aliphatic rings. The lowest BCUT2D eigenvalue weighted by Crippen LogP contribution is -2.37. The maximum atomic E-state index is 6.17. The van der Waals surface area contributed by atoms with E-state index < -0.39 is 0 Å². The summed E-state index contributed by atoms with van der Waals surface area (Å²) in [5.41, 5.74) is 2.28. The first-order chi connectivity index (χ1) is 14.5. The van der Waals surface area contributed by atoms with Crippen molar-refractivity contribution in [2.45, 2.75) is 58.6 Å². The lowest BCUT2D eigenvalue weighted by molar-refractivity contribution is 0.140. The Bertz CT molecular complexity index is 834. The third-order valence-corrected chi connectivity index (χ3v) is 4.93. The standard InChI is InChI=1S/C22H33N5O3.HI/c1-15(2)21-26-20(30-27-21)6-5-10-24-22(23-4)25-13-17-8-7-16(3)12-19(17)29-18-9-11-28-14-18;/h7-8,12,15,18H,5-6,9-11,13-14H2,1-4H3,(H2,23,24,25);1H. The quantitative estimate of drug-likeness (QED) is 0.216. The molecule has 9 heteroatoms. The van der Waals surface area contributed by atoms with Gasteiger partial charge in [-0.25, -0.2) is 0 Å². The zero-order chi connectivity index (χ0) is 21.3. The van der Waals surface area contributed by atoms with Crippen LogP contribution in [0.15, 0.2) is 27.7 Å². The second kappa shape index (κ2) is 12.8. The number of hydrogen-bond acceptors (Lipinski definition) is 6. The van der Waals surface area contributed by atoms with Gasteiger partial charge in [0.25, 0.3) is 0 Å². The largest absolute Gasteiger partial charge is 0.488 e. The number of hydrogen-bond donors (Lipinski definition) is 2. The first-order valence-electron chi connectivity index (χ1n) is 10.7. The summed E-state index contributed by atoms with van der Waals surface area (Å²) in [4.78, 5) is 8.71. The van der Waals surface area contributed by atoms with Crippen LogP contribution in [0.2, 0.25) is 0 Å². The molecule has 31 heavy (non-hydrogen) atoms. The van der Waals surface area contributed by atoms with Crippen molar-refractivity contribution >= 4 is 29.9 Å². The van der Waals surface area contributed by atoms with Crippen LogP contribution < -0.4 is 15.4 Å². The number of nitrogens with zero attached hydrogens (tertiary/aromatic N) is 3. The highest BCUT2D eigenvalue weighted by molar-refractivity contribution is 14.0. The fourth-order valence-electron chi connectivity index (χ4n) is 3.15. The molecule has 1 aromatic carbocycles. The molecule has 1 fully saturated rings. The van der Waals surface area contributed by atoms with Crippen LogP contribution in [0.25, 0.3) is 0 Å². The number of guanidine groups is 1. The van der Waals surface area contributed by atoms with Crippen LogP contribution in [0.5, 0.6) is 5.75 Å². The fourth-order valence-corrected chi connectivity index (χ4v) is 3.15. The Morgan fingerprint density at radius 1 is 1.32 bits per heavy atom. The van der Waals surface area contributed by atoms with Gasteiger partial charge in [-0.15, -0.1) is 24.0 Å². The van der Waals surface area contributed by atoms with Crippen LogP contribution in [-0.2, 0) is 17.7 Å². The highest BCUT2D eigenvalue weighted by atomic mass is 127. The van der Waals surface area contributed by atoms with Crippen molar-refractivity contribution in [3.63, 3.8) is 0 Å². The van der Waals surface area contributed by atoms with Gasteiger partial charge >= 0.3 is 0 Å². The van der Waals surface area contributed by atoms with Gasteiger partial charge in [-0.2, -0.15) is 4.98 Å². The molecule has 1 aromatic heterocycles. The van der Waals surface area contributed by atoms with Gasteiger partial charge in [0.2, 0.25) is 5.89 Å². The van der Waals surface area contributed by atoms with Gasteiger partial charge in [-0.05, 0) is 25.0 Å². The monoisotopic (exact) mass is 543 g/mol. The van der Waals surface area contributed by atoms with Gasteiger partial charge in [0.1, 0.15) is 11.9 Å². The average Bonchev–Trinajstić information content (AvgIpc) is 3.41. The predicted molar refractivity (Wildman–Crippen MR) is 131 cm³/mol. The number of aromatic nitrogens is 2. The highest BCUT2D eigenvalue weighted by Crippen LogP contribution is 2.23. The summed E-state index contributed by atoms with van der Waals surface area (Å²) in [6.07, 6.45) is 2.68. The number of aliphatic imine (C=N–C) groups is 1. The van der Waals surface area contributed by atoms with E-state index in [1.807, 2.05) is 0 Å². The molecule has 0 radical (unpaired) electrons. The van der Waals surface area contributed by atoms with Gasteiger partial charge in [-0.1, -0.05) is 31.1 Å². The first-order valence-corrected chi connectivity index (χ1v) is 10.7. The van der Waals surface area contributed by atoms with Gasteiger partial charge < -0.3 is 24.6 Å². The molecule has 0 bridgehead atoms. The van der Waals surface area contributed by atoms with Crippen LogP contribution in [0.3, 0.4) is 0 Å².